The molecular weight excluding hydrogens is 544 g/mol. The molecule has 9 nitrogen and oxygen atoms in total. The molecule has 218 valence electrons. The number of aromatic amines is 1. The first-order valence-electron chi connectivity index (χ1n) is 14.0. The molecule has 9 heteroatoms. The van der Waals surface area contributed by atoms with Gasteiger partial charge in [-0.25, -0.2) is 4.79 Å². The monoisotopic (exact) mass is 576 g/mol. The Morgan fingerprint density at radius 1 is 0.977 bits per heavy atom. The average Bonchev–Trinajstić information content (AvgIpc) is 3.77. The van der Waals surface area contributed by atoms with Gasteiger partial charge >= 0.3 is 6.09 Å². The summed E-state index contributed by atoms with van der Waals surface area (Å²) < 4.78 is 22.8. The molecule has 0 spiro atoms. The lowest BCUT2D eigenvalue weighted by Crippen LogP contribution is -2.43. The second kappa shape index (κ2) is 11.9. The Morgan fingerprint density at radius 3 is 2.58 bits per heavy atom. The minimum Gasteiger partial charge on any atom is -0.490 e. The molecule has 0 aliphatic rings. The summed E-state index contributed by atoms with van der Waals surface area (Å²) in [5, 5.41) is 11.4. The first-order valence-corrected chi connectivity index (χ1v) is 14.0. The Labute approximate surface area is 248 Å². The van der Waals surface area contributed by atoms with Crippen molar-refractivity contribution in [2.45, 2.75) is 38.8 Å². The number of benzene rings is 2. The van der Waals surface area contributed by atoms with Crippen LogP contribution in [0.15, 0.2) is 107 Å². The van der Waals surface area contributed by atoms with Gasteiger partial charge in [0.05, 0.1) is 42.2 Å². The number of ether oxygens (including phenoxy) is 2. The Balaban J connectivity index is 1.31. The van der Waals surface area contributed by atoms with Crippen molar-refractivity contribution in [3.8, 4) is 39.6 Å². The molecule has 2 N–H and O–H groups in total. The zero-order chi connectivity index (χ0) is 29.8. The van der Waals surface area contributed by atoms with Crippen molar-refractivity contribution in [2.24, 2.45) is 0 Å². The maximum absolute atomic E-state index is 12.7. The van der Waals surface area contributed by atoms with E-state index >= 15 is 0 Å². The van der Waals surface area contributed by atoms with Gasteiger partial charge in [0.1, 0.15) is 23.7 Å². The first-order chi connectivity index (χ1) is 20.8. The third-order valence-electron chi connectivity index (χ3n) is 6.78. The van der Waals surface area contributed by atoms with E-state index < -0.39 is 11.7 Å². The third kappa shape index (κ3) is 6.62. The van der Waals surface area contributed by atoms with Gasteiger partial charge in [-0.3, -0.25) is 10.1 Å². The standard InChI is InChI=1S/C34H32N4O5/c1-34(2,3)43-33(39)36-25(16-22-8-5-4-6-9-22)21-42-26-18-27(31(35-19-26)24-13-15-40-20-24)23-11-12-29-28(17-23)32(38-37-29)30-10-7-14-41-30/h4-15,17-20,25H,16,21H2,1-3H3,(H,36,39)(H,37,38)/t25-/m1/s1. The fourth-order valence-electron chi connectivity index (χ4n) is 4.88. The van der Waals surface area contributed by atoms with E-state index in [1.54, 1.807) is 25.0 Å². The number of alkyl carbamates (subject to hydrolysis) is 1. The zero-order valence-electron chi connectivity index (χ0n) is 24.2. The van der Waals surface area contributed by atoms with E-state index in [-0.39, 0.29) is 12.6 Å². The van der Waals surface area contributed by atoms with E-state index in [1.165, 1.54) is 0 Å². The number of hydrogen-bond acceptors (Lipinski definition) is 7. The van der Waals surface area contributed by atoms with Crippen molar-refractivity contribution in [1.29, 1.82) is 0 Å². The van der Waals surface area contributed by atoms with Crippen molar-refractivity contribution in [1.82, 2.24) is 20.5 Å². The van der Waals surface area contributed by atoms with Crippen molar-refractivity contribution in [2.75, 3.05) is 6.61 Å². The number of furan rings is 2. The topological polar surface area (TPSA) is 115 Å². The number of H-pyrrole nitrogens is 1. The number of carbonyl (C=O) groups excluding carboxylic acids is 1. The van der Waals surface area contributed by atoms with Crippen LogP contribution in [0.25, 0.3) is 44.7 Å². The van der Waals surface area contributed by atoms with Crippen LogP contribution >= 0.6 is 0 Å². The fourth-order valence-corrected chi connectivity index (χ4v) is 4.88. The van der Waals surface area contributed by atoms with Crippen LogP contribution in [0.3, 0.4) is 0 Å². The van der Waals surface area contributed by atoms with Crippen LogP contribution in [0.4, 0.5) is 4.79 Å². The Kier molecular flexibility index (Phi) is 7.70. The van der Waals surface area contributed by atoms with Crippen LogP contribution in [0.1, 0.15) is 26.3 Å². The third-order valence-corrected chi connectivity index (χ3v) is 6.78. The number of nitrogens with one attached hydrogen (secondary N) is 2. The molecule has 0 aliphatic heterocycles. The van der Waals surface area contributed by atoms with Gasteiger partial charge in [0.25, 0.3) is 0 Å². The van der Waals surface area contributed by atoms with E-state index in [2.05, 4.69) is 21.6 Å². The molecule has 43 heavy (non-hydrogen) atoms. The van der Waals surface area contributed by atoms with E-state index in [9.17, 15) is 4.79 Å². The van der Waals surface area contributed by atoms with Crippen molar-refractivity contribution < 1.29 is 23.1 Å². The normalized spacial score (nSPS) is 12.3. The summed E-state index contributed by atoms with van der Waals surface area (Å²) in [5.41, 5.74) is 5.43. The molecule has 0 saturated carbocycles. The lowest BCUT2D eigenvalue weighted by atomic mass is 9.98. The van der Waals surface area contributed by atoms with Gasteiger partial charge in [-0.1, -0.05) is 36.4 Å². The van der Waals surface area contributed by atoms with Gasteiger partial charge in [-0.15, -0.1) is 0 Å². The summed E-state index contributed by atoms with van der Waals surface area (Å²) in [6.07, 6.45) is 6.67. The molecule has 6 aromatic rings. The summed E-state index contributed by atoms with van der Waals surface area (Å²) in [5.74, 6) is 1.24. The quantitative estimate of drug-likeness (QED) is 0.182. The van der Waals surface area contributed by atoms with E-state index in [0.717, 1.165) is 44.5 Å². The number of pyridine rings is 1. The SMILES string of the molecule is CC(C)(C)OC(=O)N[C@@H](COc1cnc(-c2ccoc2)c(-c2ccc3[nH]nc(-c4ccco4)c3c2)c1)Cc1ccccc1. The maximum atomic E-state index is 12.7. The Hall–Kier alpha value is -5.31. The lowest BCUT2D eigenvalue weighted by Gasteiger charge is -2.24. The molecule has 4 heterocycles. The highest BCUT2D eigenvalue weighted by Crippen LogP contribution is 2.36. The number of rotatable bonds is 9. The largest absolute Gasteiger partial charge is 0.490 e. The van der Waals surface area contributed by atoms with Crippen LogP contribution in [-0.4, -0.2) is 39.5 Å². The number of fused-ring (bicyclic) bond motifs is 1. The van der Waals surface area contributed by atoms with Gasteiger partial charge < -0.3 is 23.6 Å². The molecule has 0 saturated heterocycles. The molecule has 0 radical (unpaired) electrons. The highest BCUT2D eigenvalue weighted by atomic mass is 16.6. The van der Waals surface area contributed by atoms with Gasteiger partial charge in [0.2, 0.25) is 0 Å². The number of hydrogen-bond donors (Lipinski definition) is 2. The Morgan fingerprint density at radius 2 is 1.84 bits per heavy atom. The second-order valence-corrected chi connectivity index (χ2v) is 11.2. The van der Waals surface area contributed by atoms with Crippen LogP contribution in [0.5, 0.6) is 5.75 Å². The predicted octanol–water partition coefficient (Wildman–Crippen LogP) is 7.66. The van der Waals surface area contributed by atoms with Gasteiger partial charge in [-0.2, -0.15) is 5.10 Å². The van der Waals surface area contributed by atoms with Crippen LogP contribution in [-0.2, 0) is 11.2 Å². The smallest absolute Gasteiger partial charge is 0.408 e. The highest BCUT2D eigenvalue weighted by Gasteiger charge is 2.21. The average molecular weight is 577 g/mol. The minimum atomic E-state index is -0.614. The van der Waals surface area contributed by atoms with Crippen LogP contribution in [0.2, 0.25) is 0 Å². The molecule has 2 aromatic carbocycles. The van der Waals surface area contributed by atoms with Crippen molar-refractivity contribution >= 4 is 17.0 Å². The number of aromatic nitrogens is 3. The summed E-state index contributed by atoms with van der Waals surface area (Å²) in [4.78, 5) is 17.4. The highest BCUT2D eigenvalue weighted by molar-refractivity contribution is 5.96. The molecule has 0 unspecified atom stereocenters. The van der Waals surface area contributed by atoms with Gasteiger partial charge in [-0.05, 0) is 74.7 Å². The van der Waals surface area contributed by atoms with Crippen molar-refractivity contribution in [3.63, 3.8) is 0 Å². The number of carbonyl (C=O) groups is 1. The van der Waals surface area contributed by atoms with Gasteiger partial charge in [0.15, 0.2) is 5.76 Å². The molecular formula is C34H32N4O5. The zero-order valence-corrected chi connectivity index (χ0v) is 24.2. The fraction of sp³-hybridized carbons (Fsp3) is 0.206. The maximum Gasteiger partial charge on any atom is 0.408 e. The van der Waals surface area contributed by atoms with E-state index in [4.69, 9.17) is 23.3 Å². The van der Waals surface area contributed by atoms with Crippen molar-refractivity contribution in [3.05, 3.63) is 103 Å². The number of amides is 1. The lowest BCUT2D eigenvalue weighted by molar-refractivity contribution is 0.0487. The van der Waals surface area contributed by atoms with Gasteiger partial charge in [0, 0.05) is 16.5 Å². The molecule has 1 amide bonds. The second-order valence-electron chi connectivity index (χ2n) is 11.2. The molecule has 0 fully saturated rings. The summed E-state index contributed by atoms with van der Waals surface area (Å²) >= 11 is 0. The van der Waals surface area contributed by atoms with E-state index in [0.29, 0.717) is 17.9 Å². The Bertz CT molecular complexity index is 1800. The summed E-state index contributed by atoms with van der Waals surface area (Å²) in [6, 6.07) is 23.2. The van der Waals surface area contributed by atoms with Crippen LogP contribution < -0.4 is 10.1 Å². The predicted molar refractivity (Wildman–Crippen MR) is 164 cm³/mol. The molecule has 1 atom stereocenters. The number of nitrogens with zero attached hydrogens (tertiary/aromatic N) is 2. The van der Waals surface area contributed by atoms with E-state index in [1.807, 2.05) is 87.5 Å². The molecule has 4 aromatic heterocycles. The molecule has 0 aliphatic carbocycles. The first kappa shape index (κ1) is 27.8. The minimum absolute atomic E-state index is 0.212. The molecule has 0 bridgehead atoms. The summed E-state index contributed by atoms with van der Waals surface area (Å²) in [7, 11) is 0. The molecule has 6 rings (SSSR count). The summed E-state index contributed by atoms with van der Waals surface area (Å²) in [6.45, 7) is 5.72. The van der Waals surface area contributed by atoms with Crippen LogP contribution in [0, 0.1) is 0 Å².